The molecule has 1 aromatic carbocycles. The van der Waals surface area contributed by atoms with E-state index in [0.717, 1.165) is 5.56 Å². The highest BCUT2D eigenvalue weighted by molar-refractivity contribution is 5.93. The van der Waals surface area contributed by atoms with Crippen LogP contribution < -0.4 is 11.1 Å². The molecule has 5 atom stereocenters. The number of ether oxygens (including phenoxy) is 1. The van der Waals surface area contributed by atoms with Crippen LogP contribution in [0.15, 0.2) is 71.8 Å². The number of hydrogen-bond acceptors (Lipinski definition) is 6. The van der Waals surface area contributed by atoms with Crippen LogP contribution in [0.1, 0.15) is 52.0 Å². The number of nitrogens with one attached hydrogen (secondary N) is 1. The van der Waals surface area contributed by atoms with Gasteiger partial charge in [-0.05, 0) is 64.5 Å². The summed E-state index contributed by atoms with van der Waals surface area (Å²) in [5.41, 5.74) is 5.80. The first-order valence-corrected chi connectivity index (χ1v) is 14.7. The minimum Gasteiger partial charge on any atom is -0.466 e. The fourth-order valence-corrected chi connectivity index (χ4v) is 6.06. The SMILES string of the molecule is CCOC(=O)[C@]1(Cc2ccccc2)CCCN(C(=O)[C@@H](CC2C=NC3C=CC=CC23)NC(=O)C=CCC(C)(C)N)C1. The summed E-state index contributed by atoms with van der Waals surface area (Å²) in [6.07, 6.45) is 16.1. The molecule has 8 heteroatoms. The third-order valence-corrected chi connectivity index (χ3v) is 8.11. The number of amides is 2. The molecule has 2 heterocycles. The average Bonchev–Trinajstić information content (AvgIpc) is 3.35. The number of nitrogens with zero attached hydrogens (tertiary/aromatic N) is 2. The van der Waals surface area contributed by atoms with Gasteiger partial charge in [-0.1, -0.05) is 60.7 Å². The van der Waals surface area contributed by atoms with Crippen LogP contribution in [0, 0.1) is 17.3 Å². The van der Waals surface area contributed by atoms with Gasteiger partial charge in [-0.2, -0.15) is 0 Å². The van der Waals surface area contributed by atoms with Crippen LogP contribution in [0.5, 0.6) is 0 Å². The zero-order valence-corrected chi connectivity index (χ0v) is 24.5. The molecule has 8 nitrogen and oxygen atoms in total. The van der Waals surface area contributed by atoms with Crippen molar-refractivity contribution in [2.24, 2.45) is 28.0 Å². The van der Waals surface area contributed by atoms with Crippen molar-refractivity contribution in [2.75, 3.05) is 19.7 Å². The van der Waals surface area contributed by atoms with E-state index in [-0.39, 0.29) is 48.8 Å². The minimum atomic E-state index is -0.844. The third-order valence-electron chi connectivity index (χ3n) is 8.11. The lowest BCUT2D eigenvalue weighted by Crippen LogP contribution is -2.56. The van der Waals surface area contributed by atoms with E-state index < -0.39 is 17.0 Å². The van der Waals surface area contributed by atoms with Crippen LogP contribution >= 0.6 is 0 Å². The number of carbonyl (C=O) groups is 3. The van der Waals surface area contributed by atoms with Crippen LogP contribution in [-0.4, -0.2) is 66.2 Å². The monoisotopic (exact) mass is 560 g/mol. The summed E-state index contributed by atoms with van der Waals surface area (Å²) in [7, 11) is 0. The summed E-state index contributed by atoms with van der Waals surface area (Å²) >= 11 is 0. The molecular weight excluding hydrogens is 516 g/mol. The number of rotatable bonds is 11. The van der Waals surface area contributed by atoms with E-state index in [1.807, 2.05) is 62.5 Å². The second-order valence-corrected chi connectivity index (χ2v) is 12.2. The molecule has 4 rings (SSSR count). The van der Waals surface area contributed by atoms with Crippen molar-refractivity contribution in [2.45, 2.75) is 70.5 Å². The van der Waals surface area contributed by atoms with Crippen molar-refractivity contribution in [3.05, 3.63) is 72.4 Å². The average molecular weight is 561 g/mol. The first kappa shape index (κ1) is 30.4. The summed E-state index contributed by atoms with van der Waals surface area (Å²) < 4.78 is 5.55. The summed E-state index contributed by atoms with van der Waals surface area (Å²) in [5.74, 6) is -0.639. The number of nitrogens with two attached hydrogens (primary N) is 1. The standard InChI is InChI=1S/C33H44N4O4/c1-4-41-31(40)33(21-24-12-6-5-7-13-24)18-11-19-37(23-33)30(39)28(36-29(38)16-10-17-32(2,3)34)20-25-22-35-27-15-9-8-14-26(25)27/h5-10,12-16,22,25-28H,4,11,17-21,23,34H2,1-3H3,(H,36,38)/t25?,26?,27?,28-,33+/m1/s1. The number of fused-ring (bicyclic) bond motifs is 1. The molecular formula is C33H44N4O4. The fourth-order valence-electron chi connectivity index (χ4n) is 6.06. The first-order chi connectivity index (χ1) is 19.6. The third kappa shape index (κ3) is 8.03. The lowest BCUT2D eigenvalue weighted by molar-refractivity contribution is -0.161. The molecule has 41 heavy (non-hydrogen) atoms. The molecule has 1 fully saturated rings. The van der Waals surface area contributed by atoms with E-state index in [2.05, 4.69) is 22.5 Å². The molecule has 1 aromatic rings. The van der Waals surface area contributed by atoms with Gasteiger partial charge in [-0.3, -0.25) is 19.4 Å². The van der Waals surface area contributed by atoms with Gasteiger partial charge in [0.1, 0.15) is 6.04 Å². The van der Waals surface area contributed by atoms with Gasteiger partial charge in [0, 0.05) is 36.7 Å². The van der Waals surface area contributed by atoms with E-state index in [1.54, 1.807) is 17.9 Å². The van der Waals surface area contributed by atoms with Gasteiger partial charge >= 0.3 is 5.97 Å². The highest BCUT2D eigenvalue weighted by atomic mass is 16.5. The zero-order valence-electron chi connectivity index (χ0n) is 24.5. The van der Waals surface area contributed by atoms with Crippen LogP contribution in [0.3, 0.4) is 0 Å². The van der Waals surface area contributed by atoms with Crippen LogP contribution in [0.2, 0.25) is 0 Å². The quantitative estimate of drug-likeness (QED) is 0.316. The predicted molar refractivity (Wildman–Crippen MR) is 161 cm³/mol. The molecule has 1 aliphatic carbocycles. The Labute approximate surface area is 243 Å². The van der Waals surface area contributed by atoms with Gasteiger partial charge in [-0.25, -0.2) is 0 Å². The Hall–Kier alpha value is -3.52. The Kier molecular flexibility index (Phi) is 9.97. The number of aliphatic imine (C=N–C) groups is 1. The highest BCUT2D eigenvalue weighted by Crippen LogP contribution is 2.37. The molecule has 3 unspecified atom stereocenters. The van der Waals surface area contributed by atoms with E-state index >= 15 is 0 Å². The molecule has 0 saturated carbocycles. The van der Waals surface area contributed by atoms with Crippen molar-refractivity contribution in [1.82, 2.24) is 10.2 Å². The van der Waals surface area contributed by atoms with Crippen molar-refractivity contribution < 1.29 is 19.1 Å². The van der Waals surface area contributed by atoms with E-state index in [1.165, 1.54) is 6.08 Å². The van der Waals surface area contributed by atoms with E-state index in [4.69, 9.17) is 10.5 Å². The van der Waals surface area contributed by atoms with E-state index in [0.29, 0.717) is 38.6 Å². The second-order valence-electron chi connectivity index (χ2n) is 12.2. The lowest BCUT2D eigenvalue weighted by atomic mass is 9.74. The first-order valence-electron chi connectivity index (χ1n) is 14.7. The zero-order chi connectivity index (χ0) is 29.5. The molecule has 3 N–H and O–H groups in total. The number of likely N-dealkylation sites (tertiary alicyclic amines) is 1. The Balaban J connectivity index is 1.55. The smallest absolute Gasteiger partial charge is 0.314 e. The Morgan fingerprint density at radius 3 is 2.71 bits per heavy atom. The molecule has 2 amide bonds. The summed E-state index contributed by atoms with van der Waals surface area (Å²) in [6.45, 7) is 6.63. The fraction of sp³-hybridized carbons (Fsp3) is 0.515. The second kappa shape index (κ2) is 13.4. The summed E-state index contributed by atoms with van der Waals surface area (Å²) in [6, 6.07) is 9.15. The highest BCUT2D eigenvalue weighted by Gasteiger charge is 2.46. The van der Waals surface area contributed by atoms with Crippen LogP contribution in [-0.2, 0) is 25.5 Å². The van der Waals surface area contributed by atoms with Crippen LogP contribution in [0.4, 0.5) is 0 Å². The molecule has 0 radical (unpaired) electrons. The number of hydrogen-bond donors (Lipinski definition) is 2. The maximum atomic E-state index is 14.2. The van der Waals surface area contributed by atoms with Gasteiger partial charge in [-0.15, -0.1) is 0 Å². The van der Waals surface area contributed by atoms with Gasteiger partial charge in [0.05, 0.1) is 18.1 Å². The van der Waals surface area contributed by atoms with Crippen molar-refractivity contribution in [3.63, 3.8) is 0 Å². The summed E-state index contributed by atoms with van der Waals surface area (Å²) in [5, 5.41) is 2.98. The molecule has 0 spiro atoms. The van der Waals surface area contributed by atoms with E-state index in [9.17, 15) is 14.4 Å². The van der Waals surface area contributed by atoms with Gasteiger partial charge in [0.25, 0.3) is 0 Å². The van der Waals surface area contributed by atoms with Gasteiger partial charge in [0.15, 0.2) is 0 Å². The molecule has 0 aromatic heterocycles. The molecule has 220 valence electrons. The van der Waals surface area contributed by atoms with Crippen LogP contribution in [0.25, 0.3) is 0 Å². The number of benzene rings is 1. The summed E-state index contributed by atoms with van der Waals surface area (Å²) in [4.78, 5) is 47.0. The lowest BCUT2D eigenvalue weighted by Gasteiger charge is -2.42. The predicted octanol–water partition coefficient (Wildman–Crippen LogP) is 3.77. The number of esters is 1. The van der Waals surface area contributed by atoms with Crippen molar-refractivity contribution >= 4 is 24.0 Å². The van der Waals surface area contributed by atoms with Gasteiger partial charge < -0.3 is 20.7 Å². The van der Waals surface area contributed by atoms with Crippen molar-refractivity contribution in [1.29, 1.82) is 0 Å². The maximum absolute atomic E-state index is 14.2. The molecule has 1 saturated heterocycles. The largest absolute Gasteiger partial charge is 0.466 e. The number of allylic oxidation sites excluding steroid dienone is 2. The normalized spacial score (nSPS) is 26.1. The number of piperidine rings is 1. The van der Waals surface area contributed by atoms with Gasteiger partial charge in [0.2, 0.25) is 11.8 Å². The minimum absolute atomic E-state index is 0.00586. The molecule has 0 bridgehead atoms. The Morgan fingerprint density at radius 2 is 1.98 bits per heavy atom. The topological polar surface area (TPSA) is 114 Å². The van der Waals surface area contributed by atoms with Crippen molar-refractivity contribution in [3.8, 4) is 0 Å². The maximum Gasteiger partial charge on any atom is 0.314 e. The Bertz CT molecular complexity index is 1200. The number of carbonyl (C=O) groups excluding carboxylic acids is 3. The molecule has 3 aliphatic rings. The Morgan fingerprint density at radius 1 is 1.22 bits per heavy atom. The molecule has 2 aliphatic heterocycles.